The van der Waals surface area contributed by atoms with Crippen LogP contribution in [0.3, 0.4) is 0 Å². The molecule has 0 aliphatic heterocycles. The van der Waals surface area contributed by atoms with E-state index in [1.165, 1.54) is 44.2 Å². The van der Waals surface area contributed by atoms with E-state index in [-0.39, 0.29) is 5.82 Å². The molecular weight excluding hydrogens is 291 g/mol. The quantitative estimate of drug-likeness (QED) is 0.757. The van der Waals surface area contributed by atoms with Crippen LogP contribution in [0.2, 0.25) is 0 Å². The number of hydrogen-bond acceptors (Lipinski definition) is 3. The molecule has 0 saturated heterocycles. The summed E-state index contributed by atoms with van der Waals surface area (Å²) < 4.78 is 13.5. The van der Waals surface area contributed by atoms with Crippen LogP contribution in [0.1, 0.15) is 49.4 Å². The van der Waals surface area contributed by atoms with Gasteiger partial charge in [-0.25, -0.2) is 9.37 Å². The first-order valence-electron chi connectivity index (χ1n) is 8.51. The summed E-state index contributed by atoms with van der Waals surface area (Å²) in [6.45, 7) is 3.80. The van der Waals surface area contributed by atoms with Crippen molar-refractivity contribution in [2.24, 2.45) is 5.92 Å². The zero-order valence-corrected chi connectivity index (χ0v) is 13.6. The lowest BCUT2D eigenvalue weighted by Gasteiger charge is -2.30. The number of pyridine rings is 1. The number of anilines is 1. The zero-order valence-electron chi connectivity index (χ0n) is 13.6. The first-order valence-corrected chi connectivity index (χ1v) is 8.51. The van der Waals surface area contributed by atoms with Gasteiger partial charge in [0.2, 0.25) is 0 Å². The van der Waals surface area contributed by atoms with E-state index in [0.717, 1.165) is 24.8 Å². The molecule has 3 rings (SSSR count). The molecule has 1 aliphatic carbocycles. The molecule has 1 aromatic carbocycles. The van der Waals surface area contributed by atoms with Crippen molar-refractivity contribution in [2.45, 2.75) is 39.0 Å². The smallest absolute Gasteiger partial charge is 0.153 e. The Balaban J connectivity index is 1.95. The number of carbonyl (C=O) groups is 1. The van der Waals surface area contributed by atoms with E-state index in [9.17, 15) is 9.18 Å². The average molecular weight is 314 g/mol. The SMILES string of the molecule is CCN(CC1CCCCC1)c1nc2cc(F)ccc2cc1C=O. The van der Waals surface area contributed by atoms with E-state index < -0.39 is 0 Å². The van der Waals surface area contributed by atoms with Crippen molar-refractivity contribution >= 4 is 23.0 Å². The molecule has 3 nitrogen and oxygen atoms in total. The number of benzene rings is 1. The minimum atomic E-state index is -0.301. The summed E-state index contributed by atoms with van der Waals surface area (Å²) in [7, 11) is 0. The van der Waals surface area contributed by atoms with Gasteiger partial charge in [0.25, 0.3) is 0 Å². The Kier molecular flexibility index (Phi) is 4.89. The molecule has 122 valence electrons. The number of aromatic nitrogens is 1. The number of aldehydes is 1. The predicted octanol–water partition coefficient (Wildman–Crippen LogP) is 4.59. The number of hydrogen-bond donors (Lipinski definition) is 0. The van der Waals surface area contributed by atoms with E-state index in [0.29, 0.717) is 22.8 Å². The summed E-state index contributed by atoms with van der Waals surface area (Å²) in [5.41, 5.74) is 1.19. The third-order valence-electron chi connectivity index (χ3n) is 4.80. The lowest BCUT2D eigenvalue weighted by molar-refractivity contribution is 0.112. The van der Waals surface area contributed by atoms with E-state index in [1.54, 1.807) is 6.07 Å². The maximum atomic E-state index is 13.5. The van der Waals surface area contributed by atoms with Crippen LogP contribution in [0.15, 0.2) is 24.3 Å². The van der Waals surface area contributed by atoms with Gasteiger partial charge in [-0.2, -0.15) is 0 Å². The summed E-state index contributed by atoms with van der Waals surface area (Å²) in [5.74, 6) is 1.05. The molecule has 1 heterocycles. The highest BCUT2D eigenvalue weighted by molar-refractivity contribution is 5.91. The lowest BCUT2D eigenvalue weighted by atomic mass is 9.89. The van der Waals surface area contributed by atoms with Crippen molar-refractivity contribution in [1.29, 1.82) is 0 Å². The molecule has 0 bridgehead atoms. The van der Waals surface area contributed by atoms with Gasteiger partial charge in [0.05, 0.1) is 11.1 Å². The molecule has 23 heavy (non-hydrogen) atoms. The summed E-state index contributed by atoms with van der Waals surface area (Å²) in [6.07, 6.45) is 7.26. The maximum absolute atomic E-state index is 13.5. The Morgan fingerprint density at radius 1 is 1.26 bits per heavy atom. The van der Waals surface area contributed by atoms with Crippen molar-refractivity contribution in [1.82, 2.24) is 4.98 Å². The molecule has 1 aliphatic rings. The summed E-state index contributed by atoms with van der Waals surface area (Å²) in [5, 5.41) is 0.797. The van der Waals surface area contributed by atoms with Gasteiger partial charge >= 0.3 is 0 Å². The van der Waals surface area contributed by atoms with Crippen molar-refractivity contribution < 1.29 is 9.18 Å². The first kappa shape index (κ1) is 15.9. The van der Waals surface area contributed by atoms with E-state index in [1.807, 2.05) is 6.07 Å². The fraction of sp³-hybridized carbons (Fsp3) is 0.474. The minimum absolute atomic E-state index is 0.301. The monoisotopic (exact) mass is 314 g/mol. The van der Waals surface area contributed by atoms with Crippen molar-refractivity contribution in [2.75, 3.05) is 18.0 Å². The van der Waals surface area contributed by atoms with Crippen molar-refractivity contribution in [3.63, 3.8) is 0 Å². The summed E-state index contributed by atoms with van der Waals surface area (Å²) in [6, 6.07) is 6.32. The highest BCUT2D eigenvalue weighted by Gasteiger charge is 2.20. The number of rotatable bonds is 5. The maximum Gasteiger partial charge on any atom is 0.153 e. The highest BCUT2D eigenvalue weighted by Crippen LogP contribution is 2.28. The van der Waals surface area contributed by atoms with E-state index >= 15 is 0 Å². The highest BCUT2D eigenvalue weighted by atomic mass is 19.1. The van der Waals surface area contributed by atoms with E-state index in [4.69, 9.17) is 0 Å². The van der Waals surface area contributed by atoms with Gasteiger partial charge in [0, 0.05) is 24.5 Å². The first-order chi connectivity index (χ1) is 11.2. The molecule has 0 radical (unpaired) electrons. The molecule has 4 heteroatoms. The molecule has 0 amide bonds. The fourth-order valence-electron chi connectivity index (χ4n) is 3.53. The summed E-state index contributed by atoms with van der Waals surface area (Å²) >= 11 is 0. The van der Waals surface area contributed by atoms with Crippen LogP contribution in [-0.4, -0.2) is 24.4 Å². The van der Waals surface area contributed by atoms with Crippen molar-refractivity contribution in [3.8, 4) is 0 Å². The Morgan fingerprint density at radius 3 is 2.74 bits per heavy atom. The second-order valence-electron chi connectivity index (χ2n) is 6.40. The molecule has 1 fully saturated rings. The fourth-order valence-corrected chi connectivity index (χ4v) is 3.53. The van der Waals surface area contributed by atoms with Gasteiger partial charge in [-0.3, -0.25) is 4.79 Å². The Morgan fingerprint density at radius 2 is 2.04 bits per heavy atom. The van der Waals surface area contributed by atoms with Crippen LogP contribution in [0.5, 0.6) is 0 Å². The Labute approximate surface area is 136 Å². The number of carbonyl (C=O) groups excluding carboxylic acids is 1. The average Bonchev–Trinajstić information content (AvgIpc) is 2.59. The number of nitrogens with zero attached hydrogens (tertiary/aromatic N) is 2. The second-order valence-corrected chi connectivity index (χ2v) is 6.40. The standard InChI is InChI=1S/C19H23FN2O/c1-2-22(12-14-6-4-3-5-7-14)19-16(13-23)10-15-8-9-17(20)11-18(15)21-19/h8-11,13-14H,2-7,12H2,1H3. The number of fused-ring (bicyclic) bond motifs is 1. The van der Waals surface area contributed by atoms with Crippen molar-refractivity contribution in [3.05, 3.63) is 35.6 Å². The van der Waals surface area contributed by atoms with Gasteiger partial charge in [-0.1, -0.05) is 19.3 Å². The zero-order chi connectivity index (χ0) is 16.2. The molecule has 2 aromatic rings. The third kappa shape index (κ3) is 3.52. The minimum Gasteiger partial charge on any atom is -0.356 e. The van der Waals surface area contributed by atoms with Gasteiger partial charge in [-0.15, -0.1) is 0 Å². The van der Waals surface area contributed by atoms with Crippen LogP contribution in [0.4, 0.5) is 10.2 Å². The molecule has 1 saturated carbocycles. The van der Waals surface area contributed by atoms with Gasteiger partial charge < -0.3 is 4.90 Å². The van der Waals surface area contributed by atoms with Crippen LogP contribution in [0, 0.1) is 11.7 Å². The van der Waals surface area contributed by atoms with Gasteiger partial charge in [0.15, 0.2) is 6.29 Å². The molecule has 0 unspecified atom stereocenters. The Hall–Kier alpha value is -1.97. The van der Waals surface area contributed by atoms with Crippen LogP contribution in [-0.2, 0) is 0 Å². The molecule has 0 atom stereocenters. The molecule has 0 spiro atoms. The van der Waals surface area contributed by atoms with Crippen LogP contribution < -0.4 is 4.90 Å². The third-order valence-corrected chi connectivity index (χ3v) is 4.80. The molecular formula is C19H23FN2O. The topological polar surface area (TPSA) is 33.2 Å². The van der Waals surface area contributed by atoms with Gasteiger partial charge in [-0.05, 0) is 43.9 Å². The molecule has 0 N–H and O–H groups in total. The predicted molar refractivity (Wildman–Crippen MR) is 91.6 cm³/mol. The number of halogens is 1. The summed E-state index contributed by atoms with van der Waals surface area (Å²) in [4.78, 5) is 18.3. The van der Waals surface area contributed by atoms with Crippen LogP contribution in [0.25, 0.3) is 10.9 Å². The van der Waals surface area contributed by atoms with Crippen LogP contribution >= 0.6 is 0 Å². The Bertz CT molecular complexity index is 695. The second kappa shape index (κ2) is 7.07. The lowest BCUT2D eigenvalue weighted by Crippen LogP contribution is -2.31. The van der Waals surface area contributed by atoms with Gasteiger partial charge in [0.1, 0.15) is 11.6 Å². The molecule has 1 aromatic heterocycles. The largest absolute Gasteiger partial charge is 0.356 e. The van der Waals surface area contributed by atoms with E-state index in [2.05, 4.69) is 16.8 Å². The normalized spacial score (nSPS) is 15.7.